The molecule has 190 valence electrons. The number of aromatic nitrogens is 3. The summed E-state index contributed by atoms with van der Waals surface area (Å²) < 4.78 is 19.6. The highest BCUT2D eigenvalue weighted by Gasteiger charge is 2.17. The van der Waals surface area contributed by atoms with E-state index < -0.39 is 10.8 Å². The summed E-state index contributed by atoms with van der Waals surface area (Å²) in [5.41, 5.74) is 4.83. The van der Waals surface area contributed by atoms with Crippen molar-refractivity contribution in [3.63, 3.8) is 0 Å². The van der Waals surface area contributed by atoms with Crippen LogP contribution in [0.15, 0.2) is 77.3 Å². The highest BCUT2D eigenvalue weighted by molar-refractivity contribution is 7.85. The first-order chi connectivity index (χ1) is 18.0. The predicted molar refractivity (Wildman–Crippen MR) is 154 cm³/mol. The summed E-state index contributed by atoms with van der Waals surface area (Å²) in [5.74, 6) is 2.31. The van der Waals surface area contributed by atoms with Crippen molar-refractivity contribution in [1.29, 1.82) is 0 Å². The van der Waals surface area contributed by atoms with Gasteiger partial charge >= 0.3 is 0 Å². The van der Waals surface area contributed by atoms with Gasteiger partial charge < -0.3 is 14.6 Å². The van der Waals surface area contributed by atoms with Crippen molar-refractivity contribution in [3.8, 4) is 39.7 Å². The van der Waals surface area contributed by atoms with Crippen LogP contribution in [0.25, 0.3) is 44.0 Å². The van der Waals surface area contributed by atoms with Crippen LogP contribution in [0.2, 0.25) is 0 Å². The van der Waals surface area contributed by atoms with Crippen LogP contribution in [0.5, 0.6) is 5.75 Å². The number of ether oxygens (including phenoxy) is 1. The third-order valence-corrected chi connectivity index (χ3v) is 8.76. The van der Waals surface area contributed by atoms with Crippen LogP contribution in [0.1, 0.15) is 13.3 Å². The molecular weight excluding hydrogens is 500 g/mol. The highest BCUT2D eigenvalue weighted by Crippen LogP contribution is 2.37. The maximum Gasteiger partial charge on any atom is 0.138 e. The number of pyridine rings is 1. The Labute approximate surface area is 223 Å². The molecule has 0 saturated carbocycles. The van der Waals surface area contributed by atoms with Gasteiger partial charge in [0.1, 0.15) is 18.2 Å². The molecule has 5 aromatic rings. The first-order valence-electron chi connectivity index (χ1n) is 12.3. The molecule has 37 heavy (non-hydrogen) atoms. The zero-order valence-electron chi connectivity index (χ0n) is 21.2. The molecular formula is C29H30N4O2S2. The number of rotatable bonds is 10. The molecule has 0 fully saturated rings. The number of likely N-dealkylation sites (N-methyl/N-ethyl adjacent to an activating group) is 1. The van der Waals surface area contributed by atoms with Gasteiger partial charge in [-0.2, -0.15) is 0 Å². The Bertz CT molecular complexity index is 1510. The van der Waals surface area contributed by atoms with Crippen molar-refractivity contribution in [2.24, 2.45) is 0 Å². The third-order valence-electron chi connectivity index (χ3n) is 6.06. The van der Waals surface area contributed by atoms with Crippen molar-refractivity contribution in [2.45, 2.75) is 18.2 Å². The van der Waals surface area contributed by atoms with Gasteiger partial charge in [-0.1, -0.05) is 19.1 Å². The number of nitrogens with one attached hydrogen (secondary N) is 1. The smallest absolute Gasteiger partial charge is 0.138 e. The Morgan fingerprint density at radius 1 is 1.00 bits per heavy atom. The first kappa shape index (κ1) is 25.3. The van der Waals surface area contributed by atoms with E-state index >= 15 is 0 Å². The monoisotopic (exact) mass is 530 g/mol. The van der Waals surface area contributed by atoms with Gasteiger partial charge in [-0.25, -0.2) is 4.98 Å². The summed E-state index contributed by atoms with van der Waals surface area (Å²) in [7, 11) is 3.09. The lowest BCUT2D eigenvalue weighted by molar-refractivity contribution is 0.261. The van der Waals surface area contributed by atoms with E-state index in [1.807, 2.05) is 55.9 Å². The van der Waals surface area contributed by atoms with E-state index in [1.165, 1.54) is 0 Å². The third kappa shape index (κ3) is 5.66. The molecule has 0 aliphatic carbocycles. The number of hydrogen-bond donors (Lipinski definition) is 1. The number of aromatic amines is 1. The lowest BCUT2D eigenvalue weighted by Gasteiger charge is -2.11. The van der Waals surface area contributed by atoms with Crippen molar-refractivity contribution in [3.05, 3.63) is 72.4 Å². The molecule has 0 saturated heterocycles. The van der Waals surface area contributed by atoms with Crippen LogP contribution < -0.4 is 4.74 Å². The maximum atomic E-state index is 12.7. The summed E-state index contributed by atoms with van der Waals surface area (Å²) in [6.07, 6.45) is 4.48. The molecule has 1 unspecified atom stereocenters. The lowest BCUT2D eigenvalue weighted by atomic mass is 10.1. The molecule has 5 rings (SSSR count). The quantitative estimate of drug-likeness (QED) is 0.224. The average molecular weight is 531 g/mol. The average Bonchev–Trinajstić information content (AvgIpc) is 3.54. The van der Waals surface area contributed by atoms with Crippen LogP contribution in [0.4, 0.5) is 0 Å². The number of hydrogen-bond acceptors (Lipinski definition) is 6. The minimum Gasteiger partial charge on any atom is -0.492 e. The number of imidazole rings is 1. The summed E-state index contributed by atoms with van der Waals surface area (Å²) >= 11 is 1.63. The van der Waals surface area contributed by atoms with Gasteiger partial charge in [0.15, 0.2) is 0 Å². The summed E-state index contributed by atoms with van der Waals surface area (Å²) in [6, 6.07) is 18.3. The molecule has 0 amide bonds. The second kappa shape index (κ2) is 11.4. The molecule has 0 radical (unpaired) electrons. The van der Waals surface area contributed by atoms with E-state index in [4.69, 9.17) is 9.72 Å². The molecule has 3 heterocycles. The molecule has 1 atom stereocenters. The van der Waals surface area contributed by atoms with E-state index in [2.05, 4.69) is 40.0 Å². The normalized spacial score (nSPS) is 12.3. The molecule has 2 aromatic carbocycles. The maximum absolute atomic E-state index is 12.7. The fourth-order valence-electron chi connectivity index (χ4n) is 4.12. The van der Waals surface area contributed by atoms with Crippen LogP contribution in [0.3, 0.4) is 0 Å². The number of fused-ring (bicyclic) bond motifs is 1. The molecule has 8 heteroatoms. The fourth-order valence-corrected chi connectivity index (χ4v) is 6.64. The van der Waals surface area contributed by atoms with Gasteiger partial charge in [-0.05, 0) is 63.0 Å². The van der Waals surface area contributed by atoms with E-state index in [9.17, 15) is 4.21 Å². The van der Waals surface area contributed by atoms with E-state index in [0.29, 0.717) is 12.4 Å². The molecule has 0 aliphatic heterocycles. The van der Waals surface area contributed by atoms with E-state index in [0.717, 1.165) is 67.6 Å². The van der Waals surface area contributed by atoms with Gasteiger partial charge in [0.2, 0.25) is 0 Å². The van der Waals surface area contributed by atoms with E-state index in [1.54, 1.807) is 23.7 Å². The molecule has 0 spiro atoms. The zero-order valence-corrected chi connectivity index (χ0v) is 22.9. The Kier molecular flexibility index (Phi) is 7.79. The summed E-state index contributed by atoms with van der Waals surface area (Å²) in [5, 5.41) is 3.09. The second-order valence-electron chi connectivity index (χ2n) is 9.08. The van der Waals surface area contributed by atoms with Crippen molar-refractivity contribution in [2.75, 3.05) is 33.0 Å². The standard InChI is InChI=1S/C29H30N4O2S2/c1-4-17-37(34)26-19-36-25-18-22(7-10-24(25)26)28-27(20-11-13-30-14-12-20)31-29(32-28)21-5-8-23(9-6-21)35-16-15-33(2)3/h5-14,18-19H,4,15-17H2,1-3H3,(H,31,32). The van der Waals surface area contributed by atoms with Crippen LogP contribution >= 0.6 is 11.3 Å². The predicted octanol–water partition coefficient (Wildman–Crippen LogP) is 6.48. The van der Waals surface area contributed by atoms with E-state index in [-0.39, 0.29) is 0 Å². The number of thiophene rings is 1. The minimum absolute atomic E-state index is 0.641. The van der Waals surface area contributed by atoms with Crippen molar-refractivity contribution >= 4 is 32.2 Å². The Morgan fingerprint density at radius 3 is 2.49 bits per heavy atom. The number of nitrogens with zero attached hydrogens (tertiary/aromatic N) is 3. The highest BCUT2D eigenvalue weighted by atomic mass is 32.2. The summed E-state index contributed by atoms with van der Waals surface area (Å²) in [4.78, 5) is 15.8. The zero-order chi connectivity index (χ0) is 25.8. The molecule has 0 aliphatic rings. The van der Waals surface area contributed by atoms with Crippen LogP contribution in [-0.4, -0.2) is 57.1 Å². The minimum atomic E-state index is -0.971. The molecule has 6 nitrogen and oxygen atoms in total. The van der Waals surface area contributed by atoms with Gasteiger partial charge in [-0.15, -0.1) is 11.3 Å². The Morgan fingerprint density at radius 2 is 1.76 bits per heavy atom. The number of benzene rings is 2. The fraction of sp³-hybridized carbons (Fsp3) is 0.241. The lowest BCUT2D eigenvalue weighted by Crippen LogP contribution is -2.19. The molecule has 3 aromatic heterocycles. The van der Waals surface area contributed by atoms with Gasteiger partial charge in [0, 0.05) is 56.8 Å². The largest absolute Gasteiger partial charge is 0.492 e. The first-order valence-corrected chi connectivity index (χ1v) is 14.5. The molecule has 1 N–H and O–H groups in total. The van der Waals surface area contributed by atoms with Crippen molar-refractivity contribution < 1.29 is 8.95 Å². The molecule has 0 bridgehead atoms. The SMILES string of the molecule is CCCS(=O)c1csc2cc(-c3nc(-c4ccc(OCCN(C)C)cc4)[nH]c3-c3ccncc3)ccc12. The topological polar surface area (TPSA) is 71.1 Å². The number of H-pyrrole nitrogens is 1. The van der Waals surface area contributed by atoms with Crippen LogP contribution in [0, 0.1) is 0 Å². The second-order valence-corrected chi connectivity index (χ2v) is 11.5. The Hall–Kier alpha value is -3.33. The van der Waals surface area contributed by atoms with Gasteiger partial charge in [-0.3, -0.25) is 9.19 Å². The van der Waals surface area contributed by atoms with Gasteiger partial charge in [0.05, 0.1) is 27.1 Å². The summed E-state index contributed by atoms with van der Waals surface area (Å²) in [6.45, 7) is 3.57. The van der Waals surface area contributed by atoms with Crippen molar-refractivity contribution in [1.82, 2.24) is 19.9 Å². The van der Waals surface area contributed by atoms with Gasteiger partial charge in [0.25, 0.3) is 0 Å². The van der Waals surface area contributed by atoms with Crippen LogP contribution in [-0.2, 0) is 10.8 Å². The Balaban J connectivity index is 1.51.